The zero-order valence-electron chi connectivity index (χ0n) is 14.9. The van der Waals surface area contributed by atoms with Gasteiger partial charge in [-0.05, 0) is 37.5 Å². The topological polar surface area (TPSA) is 69.6 Å². The Bertz CT molecular complexity index is 776. The highest BCUT2D eigenvalue weighted by Gasteiger charge is 2.15. The molecule has 2 heterocycles. The van der Waals surface area contributed by atoms with Crippen molar-refractivity contribution in [2.45, 2.75) is 45.4 Å². The van der Waals surface area contributed by atoms with E-state index in [-0.39, 0.29) is 16.9 Å². The normalized spacial score (nSPS) is 16.6. The second kappa shape index (κ2) is 9.00. The number of ether oxygens (including phenoxy) is 2. The molecule has 6 nitrogen and oxygen atoms in total. The van der Waals surface area contributed by atoms with Gasteiger partial charge in [-0.1, -0.05) is 23.5 Å². The summed E-state index contributed by atoms with van der Waals surface area (Å²) in [7, 11) is 0. The summed E-state index contributed by atoms with van der Waals surface area (Å²) in [4.78, 5) is 23.6. The summed E-state index contributed by atoms with van der Waals surface area (Å²) in [6.45, 7) is 4.15. The van der Waals surface area contributed by atoms with Crippen LogP contribution in [0, 0.1) is 6.92 Å². The largest absolute Gasteiger partial charge is 0.491 e. The second-order valence-corrected chi connectivity index (χ2v) is 7.23. The van der Waals surface area contributed by atoms with Crippen molar-refractivity contribution in [1.82, 2.24) is 9.88 Å². The van der Waals surface area contributed by atoms with Gasteiger partial charge in [0.05, 0.1) is 6.10 Å². The molecule has 26 heavy (non-hydrogen) atoms. The van der Waals surface area contributed by atoms with Crippen LogP contribution in [0.25, 0.3) is 0 Å². The smallest absolute Gasteiger partial charge is 0.307 e. The molecule has 1 fully saturated rings. The van der Waals surface area contributed by atoms with Crippen molar-refractivity contribution < 1.29 is 14.3 Å². The van der Waals surface area contributed by atoms with Crippen LogP contribution >= 0.6 is 11.3 Å². The van der Waals surface area contributed by atoms with E-state index in [0.29, 0.717) is 26.1 Å². The number of carbonyl (C=O) groups excluding carboxylic acids is 1. The van der Waals surface area contributed by atoms with Crippen LogP contribution in [0.5, 0.6) is 5.75 Å². The predicted octanol–water partition coefficient (Wildman–Crippen LogP) is 2.48. The Kier molecular flexibility index (Phi) is 6.46. The summed E-state index contributed by atoms with van der Waals surface area (Å²) in [6.07, 6.45) is 2.66. The Hall–Kier alpha value is -2.12. The van der Waals surface area contributed by atoms with Crippen LogP contribution in [-0.2, 0) is 22.6 Å². The minimum atomic E-state index is -0.0683. The predicted molar refractivity (Wildman–Crippen MR) is 101 cm³/mol. The molecular formula is C19H24N2O4S. The van der Waals surface area contributed by atoms with Gasteiger partial charge < -0.3 is 19.4 Å². The molecule has 0 aliphatic carbocycles. The van der Waals surface area contributed by atoms with Gasteiger partial charge in [-0.25, -0.2) is 0 Å². The molecule has 0 saturated carbocycles. The quantitative estimate of drug-likeness (QED) is 0.768. The van der Waals surface area contributed by atoms with Crippen LogP contribution in [-0.4, -0.2) is 29.8 Å². The highest BCUT2D eigenvalue weighted by molar-refractivity contribution is 7.07. The van der Waals surface area contributed by atoms with Crippen LogP contribution in [0.2, 0.25) is 0 Å². The highest BCUT2D eigenvalue weighted by atomic mass is 32.1. The minimum Gasteiger partial charge on any atom is -0.491 e. The van der Waals surface area contributed by atoms with E-state index >= 15 is 0 Å². The van der Waals surface area contributed by atoms with Crippen molar-refractivity contribution in [2.24, 2.45) is 0 Å². The molecule has 3 rings (SSSR count). The molecule has 1 atom stereocenters. The first-order valence-electron chi connectivity index (χ1n) is 8.87. The summed E-state index contributed by atoms with van der Waals surface area (Å²) < 4.78 is 12.9. The van der Waals surface area contributed by atoms with E-state index in [1.807, 2.05) is 36.6 Å². The fourth-order valence-electron chi connectivity index (χ4n) is 2.85. The number of rotatable bonds is 8. The molecule has 1 aromatic carbocycles. The summed E-state index contributed by atoms with van der Waals surface area (Å²) in [5.41, 5.74) is 1.90. The molecule has 0 bridgehead atoms. The number of hydrogen-bond donors (Lipinski definition) is 1. The lowest BCUT2D eigenvalue weighted by Gasteiger charge is -2.12. The molecule has 1 unspecified atom stereocenters. The molecule has 140 valence electrons. The van der Waals surface area contributed by atoms with Gasteiger partial charge in [-0.3, -0.25) is 9.59 Å². The molecule has 1 aliphatic heterocycles. The number of amides is 1. The van der Waals surface area contributed by atoms with Crippen molar-refractivity contribution in [2.75, 3.05) is 13.2 Å². The first-order valence-corrected chi connectivity index (χ1v) is 9.75. The summed E-state index contributed by atoms with van der Waals surface area (Å²) in [5, 5.41) is 4.69. The van der Waals surface area contributed by atoms with Gasteiger partial charge in [0.15, 0.2) is 0 Å². The maximum Gasteiger partial charge on any atom is 0.307 e. The second-order valence-electron chi connectivity index (χ2n) is 6.41. The van der Waals surface area contributed by atoms with E-state index < -0.39 is 0 Å². The molecule has 1 N–H and O–H groups in total. The Balaban J connectivity index is 1.39. The van der Waals surface area contributed by atoms with Crippen LogP contribution < -0.4 is 14.9 Å². The summed E-state index contributed by atoms with van der Waals surface area (Å²) in [5.74, 6) is 0.740. The lowest BCUT2D eigenvalue weighted by molar-refractivity contribution is -0.121. The van der Waals surface area contributed by atoms with Crippen LogP contribution in [0.1, 0.15) is 30.5 Å². The number of nitrogens with zero attached hydrogens (tertiary/aromatic N) is 1. The van der Waals surface area contributed by atoms with E-state index in [0.717, 1.165) is 47.8 Å². The first-order chi connectivity index (χ1) is 12.6. The van der Waals surface area contributed by atoms with Crippen LogP contribution in [0.15, 0.2) is 34.4 Å². The Morgan fingerprint density at radius 3 is 2.85 bits per heavy atom. The molecule has 0 spiro atoms. The molecule has 1 aliphatic rings. The fraction of sp³-hybridized carbons (Fsp3) is 0.474. The molecule has 1 saturated heterocycles. The van der Waals surface area contributed by atoms with E-state index in [2.05, 4.69) is 5.32 Å². The van der Waals surface area contributed by atoms with Crippen LogP contribution in [0.3, 0.4) is 0 Å². The average molecular weight is 376 g/mol. The van der Waals surface area contributed by atoms with Crippen molar-refractivity contribution in [1.29, 1.82) is 0 Å². The number of carbonyl (C=O) groups is 1. The van der Waals surface area contributed by atoms with Gasteiger partial charge in [0.2, 0.25) is 5.91 Å². The molecule has 7 heteroatoms. The van der Waals surface area contributed by atoms with Gasteiger partial charge in [0.25, 0.3) is 0 Å². The molecule has 0 radical (unpaired) electrons. The zero-order valence-corrected chi connectivity index (χ0v) is 15.7. The highest BCUT2D eigenvalue weighted by Crippen LogP contribution is 2.16. The molecule has 2 aromatic rings. The minimum absolute atomic E-state index is 0.0195. The third-order valence-corrected chi connectivity index (χ3v) is 5.29. The van der Waals surface area contributed by atoms with Crippen LogP contribution in [0.4, 0.5) is 0 Å². The Morgan fingerprint density at radius 1 is 1.38 bits per heavy atom. The first kappa shape index (κ1) is 18.7. The number of aromatic nitrogens is 1. The van der Waals surface area contributed by atoms with E-state index in [1.54, 1.807) is 4.57 Å². The SMILES string of the molecule is Cc1csc(=O)n1CCC(=O)NCc1ccc(OCC2CCCO2)cc1. The maximum absolute atomic E-state index is 12.0. The van der Waals surface area contributed by atoms with Gasteiger partial charge >= 0.3 is 4.87 Å². The number of hydrogen-bond acceptors (Lipinski definition) is 5. The number of aryl methyl sites for hydroxylation is 1. The van der Waals surface area contributed by atoms with Crippen molar-refractivity contribution in [3.63, 3.8) is 0 Å². The lowest BCUT2D eigenvalue weighted by Crippen LogP contribution is -2.26. The van der Waals surface area contributed by atoms with E-state index in [1.165, 1.54) is 0 Å². The molecule has 1 amide bonds. The monoisotopic (exact) mass is 376 g/mol. The number of benzene rings is 1. The van der Waals surface area contributed by atoms with Gasteiger partial charge in [0, 0.05) is 37.2 Å². The van der Waals surface area contributed by atoms with Gasteiger partial charge in [0.1, 0.15) is 12.4 Å². The van der Waals surface area contributed by atoms with E-state index in [4.69, 9.17) is 9.47 Å². The van der Waals surface area contributed by atoms with Crippen molar-refractivity contribution in [3.05, 3.63) is 50.6 Å². The molecular weight excluding hydrogens is 352 g/mol. The number of thiazole rings is 1. The Morgan fingerprint density at radius 2 is 2.19 bits per heavy atom. The fourth-order valence-corrected chi connectivity index (χ4v) is 3.61. The standard InChI is InChI=1S/C19H24N2O4S/c1-14-13-26-19(23)21(14)9-8-18(22)20-11-15-4-6-16(7-5-15)25-12-17-3-2-10-24-17/h4-7,13,17H,2-3,8-12H2,1H3,(H,20,22). The van der Waals surface area contributed by atoms with Gasteiger partial charge in [-0.15, -0.1) is 0 Å². The van der Waals surface area contributed by atoms with Crippen molar-refractivity contribution in [3.8, 4) is 5.75 Å². The third kappa shape index (κ3) is 5.19. The average Bonchev–Trinajstić information content (AvgIpc) is 3.28. The zero-order chi connectivity index (χ0) is 18.4. The maximum atomic E-state index is 12.0. The molecule has 1 aromatic heterocycles. The van der Waals surface area contributed by atoms with Crippen molar-refractivity contribution >= 4 is 17.2 Å². The summed E-state index contributed by atoms with van der Waals surface area (Å²) in [6, 6.07) is 7.70. The third-order valence-electron chi connectivity index (χ3n) is 4.41. The number of nitrogens with one attached hydrogen (secondary N) is 1. The van der Waals surface area contributed by atoms with E-state index in [9.17, 15) is 9.59 Å². The Labute approximate surface area is 156 Å². The van der Waals surface area contributed by atoms with Gasteiger partial charge in [-0.2, -0.15) is 0 Å². The summed E-state index contributed by atoms with van der Waals surface area (Å²) >= 11 is 1.16. The lowest BCUT2D eigenvalue weighted by atomic mass is 10.2.